The fourth-order valence-electron chi connectivity index (χ4n) is 4.50. The molecule has 2 heterocycles. The number of nitrogens with two attached hydrogens (primary N) is 1. The molecule has 5 rings (SSSR count). The Kier molecular flexibility index (Phi) is 5.77. The van der Waals surface area contributed by atoms with Crippen LogP contribution < -0.4 is 19.7 Å². The number of aliphatic hydroxyl groups is 1. The number of fused-ring (bicyclic) bond motifs is 1. The number of sulfonamides is 1. The van der Waals surface area contributed by atoms with E-state index in [1.165, 1.54) is 29.2 Å². The average Bonchev–Trinajstić information content (AvgIpc) is 3.14. The molecule has 0 bridgehead atoms. The Morgan fingerprint density at radius 2 is 1.72 bits per heavy atom. The highest BCUT2D eigenvalue weighted by Gasteiger charge is 2.47. The van der Waals surface area contributed by atoms with Gasteiger partial charge < -0.3 is 14.7 Å². The number of aliphatic hydroxyl groups excluding tert-OH is 1. The van der Waals surface area contributed by atoms with Crippen LogP contribution in [0.3, 0.4) is 0 Å². The molecule has 0 saturated carbocycles. The van der Waals surface area contributed by atoms with Gasteiger partial charge in [-0.3, -0.25) is 14.5 Å². The van der Waals surface area contributed by atoms with Gasteiger partial charge in [-0.1, -0.05) is 30.3 Å². The lowest BCUT2D eigenvalue weighted by Crippen LogP contribution is -2.29. The Morgan fingerprint density at radius 1 is 1.03 bits per heavy atom. The molecule has 1 saturated heterocycles. The van der Waals surface area contributed by atoms with Crippen molar-refractivity contribution < 1.29 is 27.9 Å². The summed E-state index contributed by atoms with van der Waals surface area (Å²) in [6, 6.07) is 18.4. The number of primary sulfonamides is 1. The maximum atomic E-state index is 13.3. The largest absolute Gasteiger partial charge is 0.507 e. The molecule has 1 fully saturated rings. The van der Waals surface area contributed by atoms with Crippen LogP contribution in [0.5, 0.6) is 5.75 Å². The summed E-state index contributed by atoms with van der Waals surface area (Å²) >= 11 is 0. The SMILES string of the molecule is CN1CCOc2ccc(/C(O)=C3/C(=O)C(=O)N(c4ccc(S(N)(=O)=O)cc4)C3c3ccccc3)cc21. The molecular formula is C26H23N3O6S. The van der Waals surface area contributed by atoms with Crippen LogP contribution in [-0.4, -0.2) is 45.4 Å². The highest BCUT2D eigenvalue weighted by Crippen LogP contribution is 2.43. The fourth-order valence-corrected chi connectivity index (χ4v) is 5.01. The molecule has 2 aliphatic rings. The molecule has 3 N–H and O–H groups in total. The molecular weight excluding hydrogens is 482 g/mol. The predicted octanol–water partition coefficient (Wildman–Crippen LogP) is 2.79. The van der Waals surface area contributed by atoms with E-state index in [1.54, 1.807) is 48.5 Å². The minimum atomic E-state index is -3.94. The third kappa shape index (κ3) is 4.00. The molecule has 1 amide bonds. The van der Waals surface area contributed by atoms with Crippen LogP contribution >= 0.6 is 0 Å². The number of rotatable bonds is 4. The highest BCUT2D eigenvalue weighted by molar-refractivity contribution is 7.89. The molecule has 9 nitrogen and oxygen atoms in total. The molecule has 36 heavy (non-hydrogen) atoms. The summed E-state index contributed by atoms with van der Waals surface area (Å²) in [5, 5.41) is 16.6. The van der Waals surface area contributed by atoms with Gasteiger partial charge in [-0.05, 0) is 48.0 Å². The van der Waals surface area contributed by atoms with E-state index in [9.17, 15) is 23.1 Å². The van der Waals surface area contributed by atoms with E-state index < -0.39 is 27.8 Å². The zero-order chi connectivity index (χ0) is 25.6. The van der Waals surface area contributed by atoms with Crippen molar-refractivity contribution in [2.24, 2.45) is 5.14 Å². The number of hydrogen-bond donors (Lipinski definition) is 2. The Balaban J connectivity index is 1.67. The lowest BCUT2D eigenvalue weighted by atomic mass is 9.95. The topological polar surface area (TPSA) is 130 Å². The molecule has 10 heteroatoms. The van der Waals surface area contributed by atoms with Gasteiger partial charge in [0.25, 0.3) is 11.7 Å². The summed E-state index contributed by atoms with van der Waals surface area (Å²) in [6.07, 6.45) is 0. The lowest BCUT2D eigenvalue weighted by Gasteiger charge is -2.28. The number of amides is 1. The Labute approximate surface area is 208 Å². The van der Waals surface area contributed by atoms with Crippen molar-refractivity contribution >= 4 is 38.8 Å². The van der Waals surface area contributed by atoms with Gasteiger partial charge in [-0.25, -0.2) is 13.6 Å². The van der Waals surface area contributed by atoms with E-state index in [0.717, 1.165) is 5.69 Å². The number of Topliss-reactive ketones (excluding diaryl/α,β-unsaturated/α-hetero) is 1. The van der Waals surface area contributed by atoms with Crippen LogP contribution in [0.15, 0.2) is 83.3 Å². The molecule has 1 atom stereocenters. The molecule has 0 aromatic heterocycles. The van der Waals surface area contributed by atoms with E-state index in [0.29, 0.717) is 30.0 Å². The molecule has 0 spiro atoms. The quantitative estimate of drug-likeness (QED) is 0.317. The minimum absolute atomic E-state index is 0.0685. The van der Waals surface area contributed by atoms with E-state index in [4.69, 9.17) is 9.88 Å². The van der Waals surface area contributed by atoms with Crippen molar-refractivity contribution in [1.82, 2.24) is 0 Å². The minimum Gasteiger partial charge on any atom is -0.507 e. The van der Waals surface area contributed by atoms with Crippen LogP contribution in [0, 0.1) is 0 Å². The first-order chi connectivity index (χ1) is 17.2. The van der Waals surface area contributed by atoms with Crippen molar-refractivity contribution in [3.63, 3.8) is 0 Å². The zero-order valence-corrected chi connectivity index (χ0v) is 20.1. The van der Waals surface area contributed by atoms with E-state index in [-0.39, 0.29) is 21.9 Å². The molecule has 3 aromatic carbocycles. The summed E-state index contributed by atoms with van der Waals surface area (Å²) < 4.78 is 29.0. The Bertz CT molecular complexity index is 1500. The number of carbonyl (C=O) groups excluding carboxylic acids is 2. The Hall–Kier alpha value is -4.15. The van der Waals surface area contributed by atoms with Crippen LogP contribution in [0.1, 0.15) is 17.2 Å². The van der Waals surface area contributed by atoms with Gasteiger partial charge in [-0.15, -0.1) is 0 Å². The zero-order valence-electron chi connectivity index (χ0n) is 19.3. The first-order valence-corrected chi connectivity index (χ1v) is 12.7. The summed E-state index contributed by atoms with van der Waals surface area (Å²) in [7, 11) is -2.04. The maximum Gasteiger partial charge on any atom is 0.300 e. The van der Waals surface area contributed by atoms with Gasteiger partial charge in [0.2, 0.25) is 10.0 Å². The third-order valence-corrected chi connectivity index (χ3v) is 7.26. The van der Waals surface area contributed by atoms with Gasteiger partial charge in [-0.2, -0.15) is 0 Å². The Morgan fingerprint density at radius 3 is 2.39 bits per heavy atom. The highest BCUT2D eigenvalue weighted by atomic mass is 32.2. The summed E-state index contributed by atoms with van der Waals surface area (Å²) in [5.41, 5.74) is 1.95. The number of ether oxygens (including phenoxy) is 1. The van der Waals surface area contributed by atoms with Crippen molar-refractivity contribution in [2.45, 2.75) is 10.9 Å². The van der Waals surface area contributed by atoms with Gasteiger partial charge in [0.05, 0.1) is 28.7 Å². The molecule has 0 aliphatic carbocycles. The first-order valence-electron chi connectivity index (χ1n) is 11.1. The summed E-state index contributed by atoms with van der Waals surface area (Å²) in [6.45, 7) is 1.21. The van der Waals surface area contributed by atoms with Gasteiger partial charge in [0.15, 0.2) is 0 Å². The second-order valence-corrected chi connectivity index (χ2v) is 10.1. The summed E-state index contributed by atoms with van der Waals surface area (Å²) in [5.74, 6) is -1.34. The van der Waals surface area contributed by atoms with Gasteiger partial charge in [0.1, 0.15) is 18.1 Å². The number of likely N-dealkylation sites (N-methyl/N-ethyl adjacent to an activating group) is 1. The molecule has 3 aromatic rings. The number of hydrogen-bond acceptors (Lipinski definition) is 7. The number of ketones is 1. The van der Waals surface area contributed by atoms with Gasteiger partial charge >= 0.3 is 0 Å². The second-order valence-electron chi connectivity index (χ2n) is 8.57. The van der Waals surface area contributed by atoms with Crippen LogP contribution in [0.25, 0.3) is 5.76 Å². The van der Waals surface area contributed by atoms with E-state index >= 15 is 0 Å². The second kappa shape index (κ2) is 8.81. The van der Waals surface area contributed by atoms with Crippen LogP contribution in [0.4, 0.5) is 11.4 Å². The first kappa shape index (κ1) is 23.6. The smallest absolute Gasteiger partial charge is 0.300 e. The van der Waals surface area contributed by atoms with Crippen LogP contribution in [-0.2, 0) is 19.6 Å². The molecule has 184 valence electrons. The number of carbonyl (C=O) groups is 2. The van der Waals surface area contributed by atoms with E-state index in [2.05, 4.69) is 0 Å². The molecule has 1 unspecified atom stereocenters. The van der Waals surface area contributed by atoms with E-state index in [1.807, 2.05) is 11.9 Å². The van der Waals surface area contributed by atoms with Crippen molar-refractivity contribution in [3.05, 3.63) is 89.5 Å². The number of anilines is 2. The average molecular weight is 506 g/mol. The third-order valence-electron chi connectivity index (χ3n) is 6.33. The number of benzene rings is 3. The van der Waals surface area contributed by atoms with Crippen molar-refractivity contribution in [2.75, 3.05) is 30.0 Å². The lowest BCUT2D eigenvalue weighted by molar-refractivity contribution is -0.132. The monoisotopic (exact) mass is 505 g/mol. The van der Waals surface area contributed by atoms with Crippen LogP contribution in [0.2, 0.25) is 0 Å². The standard InChI is InChI=1S/C26H23N3O6S/c1-28-13-14-35-21-12-7-17(15-20(21)28)24(30)22-23(16-5-3-2-4-6-16)29(26(32)25(22)31)18-8-10-19(11-9-18)36(27,33)34/h2-12,15,23,30H,13-14H2,1H3,(H2,27,33,34)/b24-22-. The fraction of sp³-hybridized carbons (Fsp3) is 0.154. The van der Waals surface area contributed by atoms with Crippen molar-refractivity contribution in [3.8, 4) is 5.75 Å². The molecule has 2 aliphatic heterocycles. The van der Waals surface area contributed by atoms with Crippen molar-refractivity contribution in [1.29, 1.82) is 0 Å². The van der Waals surface area contributed by atoms with Gasteiger partial charge in [0, 0.05) is 18.3 Å². The predicted molar refractivity (Wildman–Crippen MR) is 134 cm³/mol. The number of nitrogens with zero attached hydrogens (tertiary/aromatic N) is 2. The summed E-state index contributed by atoms with van der Waals surface area (Å²) in [4.78, 5) is 29.7. The normalized spacial score (nSPS) is 19.2. The molecule has 0 radical (unpaired) electrons. The maximum absolute atomic E-state index is 13.3.